The van der Waals surface area contributed by atoms with Crippen LogP contribution in [0.1, 0.15) is 43.4 Å². The Kier molecular flexibility index (Phi) is 3.00. The lowest BCUT2D eigenvalue weighted by molar-refractivity contribution is 0.0283. The monoisotopic (exact) mass is 323 g/mol. The first kappa shape index (κ1) is 14.4. The summed E-state index contributed by atoms with van der Waals surface area (Å²) in [5, 5.41) is 10.00. The molecule has 2 N–H and O–H groups in total. The van der Waals surface area contributed by atoms with Gasteiger partial charge in [-0.25, -0.2) is 0 Å². The largest absolute Gasteiger partial charge is 0.497 e. The molecule has 4 heteroatoms. The Morgan fingerprint density at radius 2 is 2.21 bits per heavy atom. The van der Waals surface area contributed by atoms with Crippen LogP contribution in [0.4, 0.5) is 0 Å². The zero-order valence-corrected chi connectivity index (χ0v) is 14.4. The Balaban J connectivity index is 1.71. The van der Waals surface area contributed by atoms with Gasteiger partial charge in [0.05, 0.1) is 7.11 Å². The van der Waals surface area contributed by atoms with E-state index >= 15 is 0 Å². The van der Waals surface area contributed by atoms with E-state index in [0.717, 1.165) is 36.4 Å². The lowest BCUT2D eigenvalue weighted by atomic mass is 9.65. The van der Waals surface area contributed by atoms with Crippen LogP contribution in [0.15, 0.2) is 18.2 Å². The maximum atomic E-state index is 8.75. The first-order valence-electron chi connectivity index (χ1n) is 9.22. The van der Waals surface area contributed by atoms with Crippen LogP contribution < -0.4 is 4.74 Å². The smallest absolute Gasteiger partial charge is 0.119 e. The summed E-state index contributed by atoms with van der Waals surface area (Å²) in [5.41, 5.74) is 3.93. The first-order chi connectivity index (χ1) is 11.7. The van der Waals surface area contributed by atoms with Crippen molar-refractivity contribution in [3.05, 3.63) is 29.5 Å². The number of nitrogens with one attached hydrogen (secondary N) is 2. The molecule has 4 atom stereocenters. The van der Waals surface area contributed by atoms with Gasteiger partial charge in [0, 0.05) is 41.5 Å². The molecule has 3 fully saturated rings. The maximum Gasteiger partial charge on any atom is 0.119 e. The Morgan fingerprint density at radius 1 is 1.33 bits per heavy atom. The van der Waals surface area contributed by atoms with Crippen molar-refractivity contribution < 1.29 is 4.74 Å². The molecular formula is C20H25N3O. The molecule has 126 valence electrons. The van der Waals surface area contributed by atoms with Gasteiger partial charge in [-0.1, -0.05) is 13.3 Å². The van der Waals surface area contributed by atoms with Gasteiger partial charge in [0.2, 0.25) is 0 Å². The number of methoxy groups -OCH3 is 1. The summed E-state index contributed by atoms with van der Waals surface area (Å²) >= 11 is 0. The van der Waals surface area contributed by atoms with Gasteiger partial charge in [0.1, 0.15) is 11.6 Å². The molecule has 2 saturated heterocycles. The molecule has 0 spiro atoms. The van der Waals surface area contributed by atoms with E-state index in [9.17, 15) is 0 Å². The number of fused-ring (bicyclic) bond motifs is 4. The number of hydrogen-bond acceptors (Lipinski definition) is 2. The number of amidine groups is 1. The highest BCUT2D eigenvalue weighted by atomic mass is 16.5. The molecule has 0 amide bonds. The second-order valence-corrected chi connectivity index (χ2v) is 7.81. The number of ether oxygens (including phenoxy) is 1. The van der Waals surface area contributed by atoms with E-state index in [1.165, 1.54) is 41.4 Å². The first-order valence-corrected chi connectivity index (χ1v) is 9.22. The molecule has 3 aliphatic heterocycles. The van der Waals surface area contributed by atoms with Crippen LogP contribution in [-0.2, 0) is 6.42 Å². The summed E-state index contributed by atoms with van der Waals surface area (Å²) in [7, 11) is 1.72. The van der Waals surface area contributed by atoms with E-state index in [1.54, 1.807) is 7.11 Å². The lowest BCUT2D eigenvalue weighted by Crippen LogP contribution is -2.57. The lowest BCUT2D eigenvalue weighted by Gasteiger charge is -2.54. The molecule has 4 heterocycles. The average Bonchev–Trinajstić information content (AvgIpc) is 2.95. The molecule has 1 aliphatic carbocycles. The van der Waals surface area contributed by atoms with Gasteiger partial charge in [-0.2, -0.15) is 0 Å². The fraction of sp³-hybridized carbons (Fsp3) is 0.550. The van der Waals surface area contributed by atoms with E-state index in [2.05, 4.69) is 28.9 Å². The van der Waals surface area contributed by atoms with Crippen LogP contribution in [0.25, 0.3) is 10.9 Å². The van der Waals surface area contributed by atoms with Crippen molar-refractivity contribution in [1.82, 2.24) is 9.88 Å². The van der Waals surface area contributed by atoms with Crippen molar-refractivity contribution in [1.29, 1.82) is 5.41 Å². The standard InChI is InChI=1S/C20H25N3O/c1-3-12-6-11-7-16-19-15(9-18(21)23(10-11)20(12)16)14-8-13(24-2)4-5-17(14)22-19/h4-5,8,11-12,16,20-22H,3,6-7,9-10H2,1-2H3. The molecule has 0 radical (unpaired) electrons. The number of aromatic nitrogens is 1. The fourth-order valence-electron chi connectivity index (χ4n) is 5.65. The van der Waals surface area contributed by atoms with E-state index in [4.69, 9.17) is 10.1 Å². The minimum absolute atomic E-state index is 0.517. The quantitative estimate of drug-likeness (QED) is 0.880. The van der Waals surface area contributed by atoms with Crippen LogP contribution in [0.3, 0.4) is 0 Å². The molecule has 6 rings (SSSR count). The van der Waals surface area contributed by atoms with Crippen LogP contribution in [-0.4, -0.2) is 35.4 Å². The van der Waals surface area contributed by atoms with Gasteiger partial charge in [-0.05, 0) is 48.4 Å². The van der Waals surface area contributed by atoms with Crippen molar-refractivity contribution in [2.75, 3.05) is 13.7 Å². The highest BCUT2D eigenvalue weighted by Gasteiger charge is 2.49. The van der Waals surface area contributed by atoms with Crippen molar-refractivity contribution in [3.63, 3.8) is 0 Å². The van der Waals surface area contributed by atoms with Crippen molar-refractivity contribution in [3.8, 4) is 5.75 Å². The van der Waals surface area contributed by atoms with Gasteiger partial charge in [0.15, 0.2) is 0 Å². The number of aromatic amines is 1. The Morgan fingerprint density at radius 3 is 3.00 bits per heavy atom. The van der Waals surface area contributed by atoms with E-state index in [1.807, 2.05) is 6.07 Å². The minimum Gasteiger partial charge on any atom is -0.497 e. The number of benzene rings is 1. The Hall–Kier alpha value is -1.97. The van der Waals surface area contributed by atoms with Gasteiger partial charge >= 0.3 is 0 Å². The summed E-state index contributed by atoms with van der Waals surface area (Å²) in [6.45, 7) is 3.42. The van der Waals surface area contributed by atoms with Gasteiger partial charge < -0.3 is 14.6 Å². The SMILES string of the molecule is CCC1CC2CC3c4[nH]c5ccc(OC)cc5c4CC(=N)N(C2)C13. The zero-order valence-electron chi connectivity index (χ0n) is 14.4. The van der Waals surface area contributed by atoms with E-state index in [-0.39, 0.29) is 0 Å². The van der Waals surface area contributed by atoms with Crippen molar-refractivity contribution >= 4 is 16.7 Å². The van der Waals surface area contributed by atoms with E-state index < -0.39 is 0 Å². The average molecular weight is 323 g/mol. The number of H-pyrrole nitrogens is 1. The molecule has 4 nitrogen and oxygen atoms in total. The zero-order chi connectivity index (χ0) is 16.4. The number of nitrogens with zero attached hydrogens (tertiary/aromatic N) is 1. The number of rotatable bonds is 2. The summed E-state index contributed by atoms with van der Waals surface area (Å²) in [4.78, 5) is 6.17. The third-order valence-electron chi connectivity index (χ3n) is 6.67. The second-order valence-electron chi connectivity index (χ2n) is 7.81. The van der Waals surface area contributed by atoms with Gasteiger partial charge in [-0.3, -0.25) is 5.41 Å². The number of piperidine rings is 2. The molecule has 1 aromatic heterocycles. The van der Waals surface area contributed by atoms with Gasteiger partial charge in [-0.15, -0.1) is 0 Å². The third kappa shape index (κ3) is 1.83. The van der Waals surface area contributed by atoms with Crippen LogP contribution >= 0.6 is 0 Å². The molecule has 4 aliphatic rings. The molecule has 1 aromatic carbocycles. The molecular weight excluding hydrogens is 298 g/mol. The summed E-state index contributed by atoms with van der Waals surface area (Å²) in [6.07, 6.45) is 4.61. The highest BCUT2D eigenvalue weighted by molar-refractivity contribution is 5.93. The fourth-order valence-corrected chi connectivity index (χ4v) is 5.65. The predicted octanol–water partition coefficient (Wildman–Crippen LogP) is 3.91. The summed E-state index contributed by atoms with van der Waals surface area (Å²) in [6, 6.07) is 6.81. The number of hydrogen-bond donors (Lipinski definition) is 2. The van der Waals surface area contributed by atoms with E-state index in [0.29, 0.717) is 12.0 Å². The highest BCUT2D eigenvalue weighted by Crippen LogP contribution is 2.51. The van der Waals surface area contributed by atoms with Crippen LogP contribution in [0, 0.1) is 17.2 Å². The van der Waals surface area contributed by atoms with Gasteiger partial charge in [0.25, 0.3) is 0 Å². The predicted molar refractivity (Wildman–Crippen MR) is 96.0 cm³/mol. The molecule has 2 aromatic rings. The minimum atomic E-state index is 0.517. The third-order valence-corrected chi connectivity index (χ3v) is 6.67. The van der Waals surface area contributed by atoms with Crippen LogP contribution in [0.2, 0.25) is 0 Å². The molecule has 1 saturated carbocycles. The van der Waals surface area contributed by atoms with Crippen molar-refractivity contribution in [2.45, 2.75) is 44.6 Å². The Bertz CT molecular complexity index is 824. The van der Waals surface area contributed by atoms with Crippen LogP contribution in [0.5, 0.6) is 5.75 Å². The molecule has 24 heavy (non-hydrogen) atoms. The summed E-state index contributed by atoms with van der Waals surface area (Å²) < 4.78 is 5.43. The molecule has 4 bridgehead atoms. The molecule has 4 unspecified atom stereocenters. The topological polar surface area (TPSA) is 52.1 Å². The Labute approximate surface area is 142 Å². The normalized spacial score (nSPS) is 31.2. The maximum absolute atomic E-state index is 8.75. The van der Waals surface area contributed by atoms with Crippen molar-refractivity contribution in [2.24, 2.45) is 11.8 Å². The second kappa shape index (κ2) is 5.01. The summed E-state index contributed by atoms with van der Waals surface area (Å²) in [5.74, 6) is 3.75.